The van der Waals surface area contributed by atoms with Gasteiger partial charge in [0.1, 0.15) is 0 Å². The molecule has 3 rings (SSSR count). The monoisotopic (exact) mass is 368 g/mol. The van der Waals surface area contributed by atoms with E-state index in [9.17, 15) is 4.79 Å². The average Bonchev–Trinajstić information content (AvgIpc) is 3.05. The summed E-state index contributed by atoms with van der Waals surface area (Å²) in [6.07, 6.45) is 0.859. The molecule has 1 atom stereocenters. The topological polar surface area (TPSA) is 64.2 Å². The van der Waals surface area contributed by atoms with Crippen LogP contribution >= 0.6 is 24.0 Å². The predicted octanol–water partition coefficient (Wildman–Crippen LogP) is 2.80. The molecule has 24 heavy (non-hydrogen) atoms. The molecule has 5 nitrogen and oxygen atoms in total. The third kappa shape index (κ3) is 3.58. The first kappa shape index (κ1) is 18.8. The molecule has 0 bridgehead atoms. The maximum Gasteiger partial charge on any atom is 0.257 e. The van der Waals surface area contributed by atoms with Crippen LogP contribution in [0.5, 0.6) is 0 Å². The summed E-state index contributed by atoms with van der Waals surface area (Å²) in [5.41, 5.74) is 9.20. The lowest BCUT2D eigenvalue weighted by molar-refractivity contribution is 0.0789. The highest BCUT2D eigenvalue weighted by Gasteiger charge is 2.28. The molecular formula is C17H22Cl2N4O. The second-order valence-electron chi connectivity index (χ2n) is 6.09. The smallest absolute Gasteiger partial charge is 0.257 e. The maximum atomic E-state index is 12.8. The molecule has 2 N–H and O–H groups in total. The van der Waals surface area contributed by atoms with Gasteiger partial charge >= 0.3 is 0 Å². The van der Waals surface area contributed by atoms with E-state index in [2.05, 4.69) is 5.10 Å². The molecule has 1 fully saturated rings. The fraction of sp³-hybridized carbons (Fsp3) is 0.412. The van der Waals surface area contributed by atoms with Gasteiger partial charge in [0.15, 0.2) is 0 Å². The van der Waals surface area contributed by atoms with Crippen LogP contribution in [0, 0.1) is 13.8 Å². The summed E-state index contributed by atoms with van der Waals surface area (Å²) in [5, 5.41) is 5.24. The van der Waals surface area contributed by atoms with Gasteiger partial charge in [-0.05, 0) is 31.9 Å². The first-order valence-electron chi connectivity index (χ1n) is 7.79. The van der Waals surface area contributed by atoms with Crippen LogP contribution in [-0.4, -0.2) is 39.7 Å². The Morgan fingerprint density at radius 1 is 1.38 bits per heavy atom. The van der Waals surface area contributed by atoms with Crippen molar-refractivity contribution in [3.05, 3.63) is 51.8 Å². The van der Waals surface area contributed by atoms with Crippen LogP contribution in [0.4, 0.5) is 0 Å². The number of likely N-dealkylation sites (tertiary alicyclic amines) is 1. The largest absolute Gasteiger partial charge is 0.337 e. The van der Waals surface area contributed by atoms with E-state index in [0.717, 1.165) is 23.4 Å². The molecule has 130 valence electrons. The summed E-state index contributed by atoms with van der Waals surface area (Å²) >= 11 is 6.23. The van der Waals surface area contributed by atoms with Crippen molar-refractivity contribution in [3.8, 4) is 0 Å². The molecule has 7 heteroatoms. The second kappa shape index (κ2) is 7.55. The molecule has 0 saturated carbocycles. The van der Waals surface area contributed by atoms with Crippen LogP contribution in [0.25, 0.3) is 0 Å². The molecular weight excluding hydrogens is 347 g/mol. The molecule has 2 aromatic rings. The molecule has 1 saturated heterocycles. The first-order chi connectivity index (χ1) is 11.0. The number of amides is 1. The molecule has 1 aromatic carbocycles. The molecule has 0 unspecified atom stereocenters. The SMILES string of the molecule is Cc1nn(Cc2ccccc2Cl)c(C)c1C(=O)N1CC[C@@H](N)C1.Cl. The molecule has 0 aliphatic carbocycles. The standard InChI is InChI=1S/C17H21ClN4O.ClH/c1-11-16(17(23)21-8-7-14(19)10-21)12(2)22(20-11)9-13-5-3-4-6-15(13)18;/h3-6,14H,7-10,19H2,1-2H3;1H/t14-;/m1./s1. The molecule has 2 heterocycles. The Morgan fingerprint density at radius 3 is 2.71 bits per heavy atom. The zero-order valence-electron chi connectivity index (χ0n) is 13.8. The Labute approximate surface area is 153 Å². The van der Waals surface area contributed by atoms with Crippen molar-refractivity contribution < 1.29 is 4.79 Å². The van der Waals surface area contributed by atoms with Crippen LogP contribution in [0.3, 0.4) is 0 Å². The van der Waals surface area contributed by atoms with Gasteiger partial charge in [-0.2, -0.15) is 5.10 Å². The molecule has 0 spiro atoms. The summed E-state index contributed by atoms with van der Waals surface area (Å²) < 4.78 is 1.85. The number of halogens is 2. The number of rotatable bonds is 3. The van der Waals surface area contributed by atoms with Crippen LogP contribution in [0.15, 0.2) is 24.3 Å². The Hall–Kier alpha value is -1.56. The zero-order valence-corrected chi connectivity index (χ0v) is 15.4. The highest BCUT2D eigenvalue weighted by atomic mass is 35.5. The molecule has 1 amide bonds. The summed E-state index contributed by atoms with van der Waals surface area (Å²) in [4.78, 5) is 14.6. The minimum Gasteiger partial charge on any atom is -0.337 e. The third-order valence-electron chi connectivity index (χ3n) is 4.39. The van der Waals surface area contributed by atoms with Crippen LogP contribution in [0.1, 0.15) is 33.7 Å². The Bertz CT molecular complexity index is 744. The Balaban J connectivity index is 0.00000208. The predicted molar refractivity (Wildman–Crippen MR) is 98.0 cm³/mol. The van der Waals surface area contributed by atoms with Gasteiger partial charge in [0.05, 0.1) is 17.8 Å². The number of carbonyl (C=O) groups excluding carboxylic acids is 1. The summed E-state index contributed by atoms with van der Waals surface area (Å²) in [7, 11) is 0. The van der Waals surface area contributed by atoms with Gasteiger partial charge in [-0.15, -0.1) is 12.4 Å². The number of aromatic nitrogens is 2. The molecule has 0 radical (unpaired) electrons. The van der Waals surface area contributed by atoms with Crippen molar-refractivity contribution in [2.45, 2.75) is 32.9 Å². The lowest BCUT2D eigenvalue weighted by Gasteiger charge is -2.16. The number of hydrogen-bond acceptors (Lipinski definition) is 3. The molecule has 1 aliphatic heterocycles. The fourth-order valence-corrected chi connectivity index (χ4v) is 3.27. The second-order valence-corrected chi connectivity index (χ2v) is 6.50. The van der Waals surface area contributed by atoms with Crippen LogP contribution in [-0.2, 0) is 6.54 Å². The first-order valence-corrected chi connectivity index (χ1v) is 8.17. The van der Waals surface area contributed by atoms with Gasteiger partial charge in [0, 0.05) is 29.8 Å². The summed E-state index contributed by atoms with van der Waals surface area (Å²) in [6.45, 7) is 5.69. The van der Waals surface area contributed by atoms with Crippen molar-refractivity contribution in [2.75, 3.05) is 13.1 Å². The summed E-state index contributed by atoms with van der Waals surface area (Å²) in [5.74, 6) is 0.0263. The van der Waals surface area contributed by atoms with Gasteiger partial charge in [-0.3, -0.25) is 9.48 Å². The molecule has 1 aliphatic rings. The lowest BCUT2D eigenvalue weighted by Crippen LogP contribution is -2.32. The lowest BCUT2D eigenvalue weighted by atomic mass is 10.1. The number of benzene rings is 1. The van der Waals surface area contributed by atoms with Gasteiger partial charge in [-0.1, -0.05) is 29.8 Å². The maximum absolute atomic E-state index is 12.8. The number of hydrogen-bond donors (Lipinski definition) is 1. The zero-order chi connectivity index (χ0) is 16.6. The van der Waals surface area contributed by atoms with E-state index in [4.69, 9.17) is 17.3 Å². The van der Waals surface area contributed by atoms with Crippen molar-refractivity contribution in [1.82, 2.24) is 14.7 Å². The van der Waals surface area contributed by atoms with Crippen molar-refractivity contribution >= 4 is 29.9 Å². The minimum atomic E-state index is 0. The van der Waals surface area contributed by atoms with E-state index >= 15 is 0 Å². The minimum absolute atomic E-state index is 0. The van der Waals surface area contributed by atoms with Crippen molar-refractivity contribution in [1.29, 1.82) is 0 Å². The Morgan fingerprint density at radius 2 is 2.08 bits per heavy atom. The summed E-state index contributed by atoms with van der Waals surface area (Å²) in [6, 6.07) is 7.76. The quantitative estimate of drug-likeness (QED) is 0.905. The number of nitrogens with zero attached hydrogens (tertiary/aromatic N) is 3. The van der Waals surface area contributed by atoms with E-state index in [1.807, 2.05) is 47.7 Å². The Kier molecular flexibility index (Phi) is 5.91. The fourth-order valence-electron chi connectivity index (χ4n) is 3.08. The van der Waals surface area contributed by atoms with E-state index < -0.39 is 0 Å². The average molecular weight is 369 g/mol. The third-order valence-corrected chi connectivity index (χ3v) is 4.75. The van der Waals surface area contributed by atoms with E-state index in [1.54, 1.807) is 0 Å². The normalized spacial score (nSPS) is 17.0. The van der Waals surface area contributed by atoms with Gasteiger partial charge in [0.2, 0.25) is 0 Å². The number of carbonyl (C=O) groups is 1. The van der Waals surface area contributed by atoms with Crippen LogP contribution < -0.4 is 5.73 Å². The number of aryl methyl sites for hydroxylation is 1. The van der Waals surface area contributed by atoms with Gasteiger partial charge in [-0.25, -0.2) is 0 Å². The highest BCUT2D eigenvalue weighted by molar-refractivity contribution is 6.31. The van der Waals surface area contributed by atoms with Crippen LogP contribution in [0.2, 0.25) is 5.02 Å². The van der Waals surface area contributed by atoms with Crippen molar-refractivity contribution in [2.24, 2.45) is 5.73 Å². The van der Waals surface area contributed by atoms with Gasteiger partial charge in [0.25, 0.3) is 5.91 Å². The van der Waals surface area contributed by atoms with E-state index in [1.165, 1.54) is 0 Å². The van der Waals surface area contributed by atoms with Gasteiger partial charge < -0.3 is 10.6 Å². The molecule has 1 aromatic heterocycles. The van der Waals surface area contributed by atoms with E-state index in [-0.39, 0.29) is 24.4 Å². The highest BCUT2D eigenvalue weighted by Crippen LogP contribution is 2.21. The van der Waals surface area contributed by atoms with E-state index in [0.29, 0.717) is 30.2 Å². The van der Waals surface area contributed by atoms with Crippen molar-refractivity contribution in [3.63, 3.8) is 0 Å². The number of nitrogens with two attached hydrogens (primary N) is 1.